The smallest absolute Gasteiger partial charge is 0.430 e. The summed E-state index contributed by atoms with van der Waals surface area (Å²) in [5, 5.41) is 5.71. The van der Waals surface area contributed by atoms with E-state index in [0.717, 1.165) is 25.2 Å². The van der Waals surface area contributed by atoms with Crippen molar-refractivity contribution >= 4 is 11.8 Å². The van der Waals surface area contributed by atoms with Crippen molar-refractivity contribution in [3.63, 3.8) is 0 Å². The molecule has 1 amide bonds. The van der Waals surface area contributed by atoms with Crippen LogP contribution in [0.1, 0.15) is 47.5 Å². The maximum absolute atomic E-state index is 12.1. The van der Waals surface area contributed by atoms with Crippen LogP contribution in [-0.4, -0.2) is 42.2 Å². The van der Waals surface area contributed by atoms with Gasteiger partial charge in [0, 0.05) is 18.2 Å². The van der Waals surface area contributed by atoms with E-state index in [4.69, 9.17) is 9.47 Å². The summed E-state index contributed by atoms with van der Waals surface area (Å²) in [7, 11) is 0. The largest absolute Gasteiger partial charge is 0.442 e. The average Bonchev–Trinajstić information content (AvgIpc) is 2.26. The fourth-order valence-corrected chi connectivity index (χ4v) is 1.91. The lowest BCUT2D eigenvalue weighted by molar-refractivity contribution is 0.00784. The molecule has 0 radical (unpaired) electrons. The molecule has 5 heteroatoms. The predicted octanol–water partition coefficient (Wildman–Crippen LogP) is 3.05. The molecule has 1 fully saturated rings. The van der Waals surface area contributed by atoms with Crippen molar-refractivity contribution in [2.24, 2.45) is 11.0 Å². The van der Waals surface area contributed by atoms with Crippen molar-refractivity contribution in [3.05, 3.63) is 0 Å². The Balaban J connectivity index is 2.65. The number of rotatable bonds is 3. The quantitative estimate of drug-likeness (QED) is 0.585. The van der Waals surface area contributed by atoms with E-state index in [1.165, 1.54) is 5.01 Å². The van der Waals surface area contributed by atoms with Gasteiger partial charge < -0.3 is 9.47 Å². The van der Waals surface area contributed by atoms with Gasteiger partial charge >= 0.3 is 6.09 Å². The van der Waals surface area contributed by atoms with Gasteiger partial charge in [0.25, 0.3) is 0 Å². The number of nitrogens with zero attached hydrogens (tertiary/aromatic N) is 2. The Morgan fingerprint density at radius 2 is 2.11 bits per heavy atom. The summed E-state index contributed by atoms with van der Waals surface area (Å²) in [5.41, 5.74) is 0.331. The average molecular weight is 270 g/mol. The third kappa shape index (κ3) is 6.57. The normalized spacial score (nSPS) is 19.7. The Labute approximate surface area is 115 Å². The highest BCUT2D eigenvalue weighted by Crippen LogP contribution is 2.17. The van der Waals surface area contributed by atoms with Gasteiger partial charge in [-0.05, 0) is 47.5 Å². The second-order valence-corrected chi connectivity index (χ2v) is 6.19. The summed E-state index contributed by atoms with van der Waals surface area (Å²) in [5.74, 6) is 0.337. The lowest BCUT2D eigenvalue weighted by Crippen LogP contribution is -2.38. The molecule has 0 bridgehead atoms. The van der Waals surface area contributed by atoms with Crippen LogP contribution in [0.4, 0.5) is 4.79 Å². The molecular formula is C14H26N2O3. The molecule has 1 aliphatic rings. The fourth-order valence-electron chi connectivity index (χ4n) is 1.91. The van der Waals surface area contributed by atoms with Gasteiger partial charge in [0.2, 0.25) is 0 Å². The molecule has 5 nitrogen and oxygen atoms in total. The van der Waals surface area contributed by atoms with Gasteiger partial charge in [0.1, 0.15) is 5.60 Å². The van der Waals surface area contributed by atoms with Crippen molar-refractivity contribution < 1.29 is 14.3 Å². The van der Waals surface area contributed by atoms with Crippen LogP contribution in [-0.2, 0) is 9.47 Å². The Morgan fingerprint density at radius 1 is 1.42 bits per heavy atom. The maximum atomic E-state index is 12.1. The zero-order chi connectivity index (χ0) is 14.5. The maximum Gasteiger partial charge on any atom is 0.430 e. The highest BCUT2D eigenvalue weighted by atomic mass is 16.6. The van der Waals surface area contributed by atoms with Crippen molar-refractivity contribution in [1.82, 2.24) is 5.01 Å². The highest BCUT2D eigenvalue weighted by molar-refractivity contribution is 5.80. The molecule has 110 valence electrons. The molecule has 1 aliphatic heterocycles. The van der Waals surface area contributed by atoms with Crippen LogP contribution in [0.2, 0.25) is 0 Å². The first-order valence-corrected chi connectivity index (χ1v) is 6.88. The summed E-state index contributed by atoms with van der Waals surface area (Å²) in [6.45, 7) is 11.4. The molecule has 1 saturated heterocycles. The van der Waals surface area contributed by atoms with Crippen LogP contribution in [0.3, 0.4) is 0 Å². The number of ether oxygens (including phenoxy) is 2. The Bertz CT molecular complexity index is 324. The van der Waals surface area contributed by atoms with E-state index in [1.54, 1.807) is 0 Å². The first kappa shape index (κ1) is 16.0. The zero-order valence-electron chi connectivity index (χ0n) is 12.7. The Morgan fingerprint density at radius 3 is 2.58 bits per heavy atom. The molecular weight excluding hydrogens is 244 g/mol. The number of carbonyl (C=O) groups is 1. The molecule has 1 unspecified atom stereocenters. The van der Waals surface area contributed by atoms with Crippen LogP contribution in [0.25, 0.3) is 0 Å². The van der Waals surface area contributed by atoms with Crippen LogP contribution >= 0.6 is 0 Å². The SMILES string of the molecule is CC(C)=NN(CC1CCCOC1)C(=O)OC(C)(C)C. The minimum atomic E-state index is -0.504. The zero-order valence-corrected chi connectivity index (χ0v) is 12.7. The number of hydrogen-bond donors (Lipinski definition) is 0. The summed E-state index contributed by atoms with van der Waals surface area (Å²) in [6, 6.07) is 0. The molecule has 1 heterocycles. The van der Waals surface area contributed by atoms with Crippen molar-refractivity contribution in [2.75, 3.05) is 19.8 Å². The summed E-state index contributed by atoms with van der Waals surface area (Å²) in [6.07, 6.45) is 1.72. The van der Waals surface area contributed by atoms with Gasteiger partial charge in [-0.25, -0.2) is 4.79 Å². The first-order valence-electron chi connectivity index (χ1n) is 6.88. The van der Waals surface area contributed by atoms with Crippen LogP contribution in [0.15, 0.2) is 5.10 Å². The second-order valence-electron chi connectivity index (χ2n) is 6.19. The molecule has 1 rings (SSSR count). The topological polar surface area (TPSA) is 51.1 Å². The van der Waals surface area contributed by atoms with Gasteiger partial charge in [0.15, 0.2) is 0 Å². The molecule has 0 saturated carbocycles. The molecule has 0 aromatic heterocycles. The van der Waals surface area contributed by atoms with E-state index in [9.17, 15) is 4.79 Å². The monoisotopic (exact) mass is 270 g/mol. The first-order chi connectivity index (χ1) is 8.78. The predicted molar refractivity (Wildman–Crippen MR) is 75.3 cm³/mol. The van der Waals surface area contributed by atoms with E-state index in [-0.39, 0.29) is 6.09 Å². The summed E-state index contributed by atoms with van der Waals surface area (Å²) >= 11 is 0. The molecule has 0 aromatic carbocycles. The summed E-state index contributed by atoms with van der Waals surface area (Å²) < 4.78 is 10.8. The third-order valence-corrected chi connectivity index (χ3v) is 2.61. The van der Waals surface area contributed by atoms with E-state index in [2.05, 4.69) is 5.10 Å². The lowest BCUT2D eigenvalue weighted by Gasteiger charge is -2.29. The van der Waals surface area contributed by atoms with Gasteiger partial charge in [-0.3, -0.25) is 0 Å². The number of hydrogen-bond acceptors (Lipinski definition) is 4. The minimum Gasteiger partial charge on any atom is -0.442 e. The van der Waals surface area contributed by atoms with Gasteiger partial charge in [0.05, 0.1) is 13.2 Å². The Hall–Kier alpha value is -1.10. The van der Waals surface area contributed by atoms with E-state index in [0.29, 0.717) is 19.1 Å². The minimum absolute atomic E-state index is 0.337. The van der Waals surface area contributed by atoms with Crippen LogP contribution in [0.5, 0.6) is 0 Å². The molecule has 0 aliphatic carbocycles. The fraction of sp³-hybridized carbons (Fsp3) is 0.857. The lowest BCUT2D eigenvalue weighted by atomic mass is 10.0. The Kier molecular flexibility index (Phi) is 5.79. The van der Waals surface area contributed by atoms with Crippen molar-refractivity contribution in [3.8, 4) is 0 Å². The van der Waals surface area contributed by atoms with E-state index < -0.39 is 5.60 Å². The standard InChI is InChI=1S/C14H26N2O3/c1-11(2)15-16(13(17)19-14(3,4)5)9-12-7-6-8-18-10-12/h12H,6-10H2,1-5H3. The number of carbonyl (C=O) groups excluding carboxylic acids is 1. The molecule has 0 aromatic rings. The molecule has 1 atom stereocenters. The van der Waals surface area contributed by atoms with Crippen LogP contribution in [0, 0.1) is 5.92 Å². The van der Waals surface area contributed by atoms with Gasteiger partial charge in [-0.2, -0.15) is 10.1 Å². The number of hydrazone groups is 1. The highest BCUT2D eigenvalue weighted by Gasteiger charge is 2.25. The van der Waals surface area contributed by atoms with Crippen molar-refractivity contribution in [1.29, 1.82) is 0 Å². The van der Waals surface area contributed by atoms with E-state index >= 15 is 0 Å². The van der Waals surface area contributed by atoms with Crippen molar-refractivity contribution in [2.45, 2.75) is 53.1 Å². The number of amides is 1. The molecule has 0 spiro atoms. The third-order valence-electron chi connectivity index (χ3n) is 2.61. The second kappa shape index (κ2) is 6.89. The van der Waals surface area contributed by atoms with Crippen LogP contribution < -0.4 is 0 Å². The molecule has 19 heavy (non-hydrogen) atoms. The summed E-state index contributed by atoms with van der Waals surface area (Å²) in [4.78, 5) is 12.1. The van der Waals surface area contributed by atoms with E-state index in [1.807, 2.05) is 34.6 Å². The molecule has 0 N–H and O–H groups in total. The van der Waals surface area contributed by atoms with Gasteiger partial charge in [-0.15, -0.1) is 0 Å². The van der Waals surface area contributed by atoms with Gasteiger partial charge in [-0.1, -0.05) is 0 Å².